The van der Waals surface area contributed by atoms with Gasteiger partial charge in [-0.05, 0) is 20.3 Å². The van der Waals surface area contributed by atoms with E-state index >= 15 is 0 Å². The van der Waals surface area contributed by atoms with Crippen LogP contribution in [0.2, 0.25) is 0 Å². The number of H-pyrrole nitrogens is 1. The number of nitrogen functional groups attached to an aromatic ring is 1. The van der Waals surface area contributed by atoms with Gasteiger partial charge in [-0.25, -0.2) is 4.98 Å². The van der Waals surface area contributed by atoms with Gasteiger partial charge in [-0.2, -0.15) is 5.10 Å². The van der Waals surface area contributed by atoms with E-state index < -0.39 is 0 Å². The Balaban J connectivity index is 2.08. The molecule has 0 saturated heterocycles. The minimum Gasteiger partial charge on any atom is -0.395 e. The maximum absolute atomic E-state index is 12.0. The van der Waals surface area contributed by atoms with Gasteiger partial charge >= 0.3 is 0 Å². The molecule has 2 rings (SSSR count). The van der Waals surface area contributed by atoms with Gasteiger partial charge in [-0.3, -0.25) is 9.89 Å². The highest BCUT2D eigenvalue weighted by atomic mass is 32.1. The summed E-state index contributed by atoms with van der Waals surface area (Å²) in [6.07, 6.45) is 2.79. The molecule has 6 nitrogen and oxygen atoms in total. The Labute approximate surface area is 115 Å². The Morgan fingerprint density at radius 1 is 1.63 bits per heavy atom. The summed E-state index contributed by atoms with van der Waals surface area (Å²) in [6.45, 7) is 5.75. The predicted molar refractivity (Wildman–Crippen MR) is 75.1 cm³/mol. The molecule has 1 amide bonds. The van der Waals surface area contributed by atoms with E-state index in [1.807, 2.05) is 13.1 Å². The SMILES string of the molecule is CCc1cnc(C(C)NC(=O)c2n[nH]c(C)c2N)s1. The van der Waals surface area contributed by atoms with E-state index in [0.29, 0.717) is 11.4 Å². The van der Waals surface area contributed by atoms with E-state index in [9.17, 15) is 4.79 Å². The number of aromatic nitrogens is 3. The van der Waals surface area contributed by atoms with Crippen LogP contribution in [0, 0.1) is 6.92 Å². The third-order valence-electron chi connectivity index (χ3n) is 2.85. The molecule has 1 unspecified atom stereocenters. The fourth-order valence-electron chi connectivity index (χ4n) is 1.62. The summed E-state index contributed by atoms with van der Waals surface area (Å²) in [5, 5.41) is 10.3. The molecule has 0 aromatic carbocycles. The highest BCUT2D eigenvalue weighted by Crippen LogP contribution is 2.21. The number of thiazole rings is 1. The number of aromatic amines is 1. The van der Waals surface area contributed by atoms with Crippen molar-refractivity contribution in [2.45, 2.75) is 33.2 Å². The monoisotopic (exact) mass is 279 g/mol. The van der Waals surface area contributed by atoms with Crippen molar-refractivity contribution < 1.29 is 4.79 Å². The van der Waals surface area contributed by atoms with Crippen LogP contribution in [0.1, 0.15) is 46.0 Å². The lowest BCUT2D eigenvalue weighted by molar-refractivity contribution is 0.0935. The lowest BCUT2D eigenvalue weighted by Gasteiger charge is -2.10. The Morgan fingerprint density at radius 3 is 2.89 bits per heavy atom. The summed E-state index contributed by atoms with van der Waals surface area (Å²) in [6, 6.07) is -0.158. The van der Waals surface area contributed by atoms with Gasteiger partial charge in [0.1, 0.15) is 5.01 Å². The Morgan fingerprint density at radius 2 is 2.37 bits per heavy atom. The fourth-order valence-corrected chi connectivity index (χ4v) is 2.48. The first-order valence-corrected chi connectivity index (χ1v) is 6.90. The molecule has 2 heterocycles. The molecule has 19 heavy (non-hydrogen) atoms. The zero-order valence-electron chi connectivity index (χ0n) is 11.2. The summed E-state index contributed by atoms with van der Waals surface area (Å²) in [5.41, 5.74) is 7.09. The lowest BCUT2D eigenvalue weighted by Crippen LogP contribution is -2.27. The number of aryl methyl sites for hydroxylation is 2. The van der Waals surface area contributed by atoms with Crippen LogP contribution in [0.25, 0.3) is 0 Å². The number of carbonyl (C=O) groups excluding carboxylic acids is 1. The van der Waals surface area contributed by atoms with Crippen molar-refractivity contribution in [3.63, 3.8) is 0 Å². The molecule has 0 aliphatic rings. The molecule has 7 heteroatoms. The second-order valence-corrected chi connectivity index (χ2v) is 5.47. The number of anilines is 1. The van der Waals surface area contributed by atoms with Crippen molar-refractivity contribution in [1.29, 1.82) is 0 Å². The molecular weight excluding hydrogens is 262 g/mol. The van der Waals surface area contributed by atoms with Gasteiger partial charge < -0.3 is 11.1 Å². The van der Waals surface area contributed by atoms with Gasteiger partial charge in [-0.1, -0.05) is 6.92 Å². The average Bonchev–Trinajstić information content (AvgIpc) is 2.98. The van der Waals surface area contributed by atoms with Crippen LogP contribution in [0.5, 0.6) is 0 Å². The summed E-state index contributed by atoms with van der Waals surface area (Å²) in [5.74, 6) is -0.289. The van der Waals surface area contributed by atoms with Gasteiger partial charge in [0.25, 0.3) is 5.91 Å². The molecule has 0 spiro atoms. The number of rotatable bonds is 4. The summed E-state index contributed by atoms with van der Waals surface area (Å²) in [4.78, 5) is 17.5. The molecule has 2 aromatic heterocycles. The smallest absolute Gasteiger partial charge is 0.274 e. The highest BCUT2D eigenvalue weighted by molar-refractivity contribution is 7.11. The lowest BCUT2D eigenvalue weighted by atomic mass is 10.2. The molecule has 0 radical (unpaired) electrons. The largest absolute Gasteiger partial charge is 0.395 e. The third kappa shape index (κ3) is 2.76. The van der Waals surface area contributed by atoms with E-state index in [2.05, 4.69) is 27.4 Å². The van der Waals surface area contributed by atoms with Gasteiger partial charge in [0.05, 0.1) is 17.4 Å². The van der Waals surface area contributed by atoms with E-state index in [0.717, 1.165) is 11.4 Å². The van der Waals surface area contributed by atoms with Crippen LogP contribution in [0.3, 0.4) is 0 Å². The molecule has 1 atom stereocenters. The van der Waals surface area contributed by atoms with Crippen molar-refractivity contribution in [3.8, 4) is 0 Å². The number of nitrogens with one attached hydrogen (secondary N) is 2. The summed E-state index contributed by atoms with van der Waals surface area (Å²) >= 11 is 1.60. The number of nitrogens with zero attached hydrogens (tertiary/aromatic N) is 2. The van der Waals surface area contributed by atoms with E-state index in [1.54, 1.807) is 18.3 Å². The molecule has 0 aliphatic carbocycles. The Hall–Kier alpha value is -1.89. The normalized spacial score (nSPS) is 12.4. The van der Waals surface area contributed by atoms with E-state index in [-0.39, 0.29) is 17.6 Å². The van der Waals surface area contributed by atoms with Crippen LogP contribution in [0.15, 0.2) is 6.20 Å². The van der Waals surface area contributed by atoms with E-state index in [1.165, 1.54) is 4.88 Å². The second-order valence-electron chi connectivity index (χ2n) is 4.32. The first kappa shape index (κ1) is 13.5. The number of hydrogen-bond donors (Lipinski definition) is 3. The second kappa shape index (κ2) is 5.40. The Bertz CT molecular complexity index is 589. The van der Waals surface area contributed by atoms with Crippen molar-refractivity contribution in [2.75, 3.05) is 5.73 Å². The topological polar surface area (TPSA) is 96.7 Å². The van der Waals surface area contributed by atoms with Gasteiger partial charge in [0.15, 0.2) is 5.69 Å². The summed E-state index contributed by atoms with van der Waals surface area (Å²) < 4.78 is 0. The molecule has 0 bridgehead atoms. The number of amides is 1. The Kier molecular flexibility index (Phi) is 3.84. The average molecular weight is 279 g/mol. The maximum Gasteiger partial charge on any atom is 0.274 e. The molecule has 4 N–H and O–H groups in total. The first-order chi connectivity index (χ1) is 9.02. The van der Waals surface area contributed by atoms with Crippen molar-refractivity contribution in [1.82, 2.24) is 20.5 Å². The zero-order valence-corrected chi connectivity index (χ0v) is 12.0. The molecule has 0 saturated carbocycles. The molecule has 2 aromatic rings. The van der Waals surface area contributed by atoms with Gasteiger partial charge in [0.2, 0.25) is 0 Å². The van der Waals surface area contributed by atoms with Crippen LogP contribution in [-0.4, -0.2) is 21.1 Å². The van der Waals surface area contributed by atoms with Crippen LogP contribution < -0.4 is 11.1 Å². The first-order valence-electron chi connectivity index (χ1n) is 6.08. The highest BCUT2D eigenvalue weighted by Gasteiger charge is 2.19. The third-order valence-corrected chi connectivity index (χ3v) is 4.17. The quantitative estimate of drug-likeness (QED) is 0.795. The van der Waals surface area contributed by atoms with E-state index in [4.69, 9.17) is 5.73 Å². The van der Waals surface area contributed by atoms with Crippen molar-refractivity contribution in [2.24, 2.45) is 0 Å². The predicted octanol–water partition coefficient (Wildman–Crippen LogP) is 1.81. The number of hydrogen-bond acceptors (Lipinski definition) is 5. The molecule has 0 aliphatic heterocycles. The van der Waals surface area contributed by atoms with Gasteiger partial charge in [-0.15, -0.1) is 11.3 Å². The summed E-state index contributed by atoms with van der Waals surface area (Å²) in [7, 11) is 0. The molecular formula is C12H17N5OS. The number of carbonyl (C=O) groups is 1. The minimum atomic E-state index is -0.289. The van der Waals surface area contributed by atoms with Crippen LogP contribution in [0.4, 0.5) is 5.69 Å². The molecule has 0 fully saturated rings. The molecule has 102 valence electrons. The number of nitrogens with two attached hydrogens (primary N) is 1. The zero-order chi connectivity index (χ0) is 14.0. The van der Waals surface area contributed by atoms with Crippen LogP contribution in [-0.2, 0) is 6.42 Å². The maximum atomic E-state index is 12.0. The standard InChI is InChI=1S/C12H17N5OS/c1-4-8-5-14-12(19-8)7(3)15-11(18)10-9(13)6(2)16-17-10/h5,7H,4,13H2,1-3H3,(H,15,18)(H,16,17). The van der Waals surface area contributed by atoms with Crippen molar-refractivity contribution in [3.05, 3.63) is 27.5 Å². The minimum absolute atomic E-state index is 0.158. The van der Waals surface area contributed by atoms with Crippen molar-refractivity contribution >= 4 is 22.9 Å². The van der Waals surface area contributed by atoms with Crippen LogP contribution >= 0.6 is 11.3 Å². The fraction of sp³-hybridized carbons (Fsp3) is 0.417. The van der Waals surface area contributed by atoms with Gasteiger partial charge in [0, 0.05) is 11.1 Å².